The number of anilines is 1. The van der Waals surface area contributed by atoms with Crippen molar-refractivity contribution in [3.8, 4) is 0 Å². The number of rotatable bonds is 8. The van der Waals surface area contributed by atoms with Crippen LogP contribution in [0.1, 0.15) is 48.3 Å². The van der Waals surface area contributed by atoms with Crippen molar-refractivity contribution in [3.63, 3.8) is 0 Å². The van der Waals surface area contributed by atoms with Gasteiger partial charge in [-0.05, 0) is 35.6 Å². The molecule has 1 atom stereocenters. The summed E-state index contributed by atoms with van der Waals surface area (Å²) in [7, 11) is 0. The number of nitrogens with zero attached hydrogens (tertiary/aromatic N) is 1. The number of Topliss-reactive ketones (excluding diaryl/α,β-unsaturated/α-hetero) is 1. The zero-order valence-corrected chi connectivity index (χ0v) is 17.9. The Hall–Kier alpha value is -3.48. The molecule has 2 aromatic carbocycles. The number of hydrogen-bond donors (Lipinski definition) is 1. The number of ether oxygens (including phenoxy) is 1. The number of amides is 2. The van der Waals surface area contributed by atoms with Gasteiger partial charge in [-0.25, -0.2) is 0 Å². The van der Waals surface area contributed by atoms with E-state index in [-0.39, 0.29) is 17.5 Å². The van der Waals surface area contributed by atoms with Crippen molar-refractivity contribution in [2.75, 3.05) is 18.1 Å². The fraction of sp³-hybridized carbons (Fsp3) is 0.333. The van der Waals surface area contributed by atoms with E-state index < -0.39 is 36.7 Å². The Morgan fingerprint density at radius 3 is 2.35 bits per heavy atom. The van der Waals surface area contributed by atoms with Gasteiger partial charge in [0.05, 0.1) is 17.3 Å². The molecule has 0 unspecified atom stereocenters. The molecule has 1 aliphatic heterocycles. The summed E-state index contributed by atoms with van der Waals surface area (Å²) in [6.07, 6.45) is 0.935. The zero-order valence-electron chi connectivity index (χ0n) is 17.9. The topological polar surface area (TPSA) is 92.8 Å². The van der Waals surface area contributed by atoms with Crippen LogP contribution in [0.15, 0.2) is 48.5 Å². The number of nitrogens with one attached hydrogen (secondary N) is 1. The summed E-state index contributed by atoms with van der Waals surface area (Å²) in [5.41, 5.74) is 2.81. The fourth-order valence-electron chi connectivity index (χ4n) is 3.54. The summed E-state index contributed by atoms with van der Waals surface area (Å²) in [6, 6.07) is 14.3. The molecule has 0 radical (unpaired) electrons. The van der Waals surface area contributed by atoms with Crippen molar-refractivity contribution in [3.05, 3.63) is 65.2 Å². The average molecular weight is 422 g/mol. The third-order valence-corrected chi connectivity index (χ3v) is 5.26. The van der Waals surface area contributed by atoms with Crippen molar-refractivity contribution in [1.29, 1.82) is 0 Å². The van der Waals surface area contributed by atoms with Crippen LogP contribution in [0, 0.1) is 5.92 Å². The number of carbonyl (C=O) groups is 4. The van der Waals surface area contributed by atoms with Gasteiger partial charge in [0.15, 0.2) is 6.61 Å². The largest absolute Gasteiger partial charge is 0.454 e. The first kappa shape index (κ1) is 22.2. The highest BCUT2D eigenvalue weighted by molar-refractivity contribution is 6.52. The van der Waals surface area contributed by atoms with Gasteiger partial charge in [-0.3, -0.25) is 24.1 Å². The minimum Gasteiger partial charge on any atom is -0.454 e. The van der Waals surface area contributed by atoms with Crippen LogP contribution in [-0.4, -0.2) is 36.7 Å². The molecule has 31 heavy (non-hydrogen) atoms. The highest BCUT2D eigenvalue weighted by Gasteiger charge is 2.36. The number of aryl methyl sites for hydroxylation is 1. The van der Waals surface area contributed by atoms with Gasteiger partial charge >= 0.3 is 5.97 Å². The Kier molecular flexibility index (Phi) is 6.84. The Morgan fingerprint density at radius 1 is 1.03 bits per heavy atom. The van der Waals surface area contributed by atoms with Crippen LogP contribution >= 0.6 is 0 Å². The van der Waals surface area contributed by atoms with Crippen molar-refractivity contribution >= 4 is 29.3 Å². The molecule has 1 N–H and O–H groups in total. The minimum absolute atomic E-state index is 0.136. The van der Waals surface area contributed by atoms with Gasteiger partial charge in [-0.1, -0.05) is 57.2 Å². The van der Waals surface area contributed by atoms with E-state index in [1.54, 1.807) is 18.2 Å². The Balaban J connectivity index is 1.56. The van der Waals surface area contributed by atoms with Gasteiger partial charge in [0.1, 0.15) is 6.54 Å². The minimum atomic E-state index is -0.780. The molecule has 0 aromatic heterocycles. The number of hydrogen-bond acceptors (Lipinski definition) is 5. The van der Waals surface area contributed by atoms with Crippen LogP contribution in [0.5, 0.6) is 0 Å². The lowest BCUT2D eigenvalue weighted by Crippen LogP contribution is -2.38. The third-order valence-electron chi connectivity index (χ3n) is 5.26. The lowest BCUT2D eigenvalue weighted by atomic mass is 9.95. The van der Waals surface area contributed by atoms with Gasteiger partial charge in [0.2, 0.25) is 0 Å². The molecule has 2 aromatic rings. The number of carbonyl (C=O) groups excluding carboxylic acids is 4. The van der Waals surface area contributed by atoms with Crippen molar-refractivity contribution in [2.45, 2.75) is 33.2 Å². The molecule has 7 heteroatoms. The van der Waals surface area contributed by atoms with Crippen molar-refractivity contribution < 1.29 is 23.9 Å². The molecule has 2 amide bonds. The van der Waals surface area contributed by atoms with E-state index in [2.05, 4.69) is 12.2 Å². The summed E-state index contributed by atoms with van der Waals surface area (Å²) in [6.45, 7) is 5.18. The number of benzene rings is 2. The molecule has 1 aliphatic rings. The zero-order chi connectivity index (χ0) is 22.5. The summed E-state index contributed by atoms with van der Waals surface area (Å²) in [5, 5.41) is 2.90. The summed E-state index contributed by atoms with van der Waals surface area (Å²) in [5.74, 6) is -2.50. The van der Waals surface area contributed by atoms with Crippen molar-refractivity contribution in [1.82, 2.24) is 5.32 Å². The predicted octanol–water partition coefficient (Wildman–Crippen LogP) is 2.84. The number of para-hydroxylation sites is 1. The van der Waals surface area contributed by atoms with Crippen LogP contribution in [0.3, 0.4) is 0 Å². The summed E-state index contributed by atoms with van der Waals surface area (Å²) < 4.78 is 5.06. The van der Waals surface area contributed by atoms with Gasteiger partial charge < -0.3 is 10.1 Å². The Labute approximate surface area is 181 Å². The normalized spacial score (nSPS) is 13.9. The van der Waals surface area contributed by atoms with Crippen LogP contribution in [0.2, 0.25) is 0 Å². The van der Waals surface area contributed by atoms with E-state index in [1.807, 2.05) is 38.1 Å². The molecular weight excluding hydrogens is 396 g/mol. The second-order valence-corrected chi connectivity index (χ2v) is 7.78. The summed E-state index contributed by atoms with van der Waals surface area (Å²) in [4.78, 5) is 49.8. The number of ketones is 1. The second kappa shape index (κ2) is 9.55. The smallest absolute Gasteiger partial charge is 0.326 e. The molecular formula is C24H26N2O5. The van der Waals surface area contributed by atoms with Crippen molar-refractivity contribution in [2.24, 2.45) is 5.92 Å². The lowest BCUT2D eigenvalue weighted by Gasteiger charge is -2.23. The molecule has 162 valence electrons. The average Bonchev–Trinajstić information content (AvgIpc) is 3.01. The molecule has 3 rings (SSSR count). The monoisotopic (exact) mass is 422 g/mol. The Bertz CT molecular complexity index is 997. The fourth-order valence-corrected chi connectivity index (χ4v) is 3.54. The maximum Gasteiger partial charge on any atom is 0.326 e. The number of fused-ring (bicyclic) bond motifs is 1. The van der Waals surface area contributed by atoms with E-state index in [9.17, 15) is 19.2 Å². The molecule has 0 aliphatic carbocycles. The van der Waals surface area contributed by atoms with E-state index >= 15 is 0 Å². The van der Waals surface area contributed by atoms with Crippen LogP contribution in [-0.2, 0) is 25.5 Å². The maximum atomic E-state index is 12.4. The van der Waals surface area contributed by atoms with E-state index in [0.29, 0.717) is 5.69 Å². The standard InChI is InChI=1S/C24H26N2O5/c1-4-16-9-11-17(12-10-16)22(15(2)3)25-20(27)14-31-21(28)13-26-19-8-6-5-7-18(19)23(29)24(26)30/h5-12,15,22H,4,13-14H2,1-3H3,(H,25,27)/t22-/m0/s1. The SMILES string of the molecule is CCc1ccc([C@@H](NC(=O)COC(=O)CN2C(=O)C(=O)c3ccccc32)C(C)C)cc1. The molecule has 0 spiro atoms. The first-order valence-electron chi connectivity index (χ1n) is 10.3. The van der Waals surface area contributed by atoms with Gasteiger partial charge in [-0.15, -0.1) is 0 Å². The lowest BCUT2D eigenvalue weighted by molar-refractivity contribution is -0.147. The predicted molar refractivity (Wildman–Crippen MR) is 116 cm³/mol. The molecule has 0 saturated heterocycles. The summed E-state index contributed by atoms with van der Waals surface area (Å²) >= 11 is 0. The van der Waals surface area contributed by atoms with E-state index in [0.717, 1.165) is 16.9 Å². The third kappa shape index (κ3) is 4.99. The molecule has 0 fully saturated rings. The first-order valence-corrected chi connectivity index (χ1v) is 10.3. The van der Waals surface area contributed by atoms with E-state index in [4.69, 9.17) is 4.74 Å². The highest BCUT2D eigenvalue weighted by atomic mass is 16.5. The van der Waals surface area contributed by atoms with Gasteiger partial charge in [0, 0.05) is 0 Å². The first-order chi connectivity index (χ1) is 14.8. The quantitative estimate of drug-likeness (QED) is 0.522. The second-order valence-electron chi connectivity index (χ2n) is 7.78. The Morgan fingerprint density at radius 2 is 1.71 bits per heavy atom. The van der Waals surface area contributed by atoms with E-state index in [1.165, 1.54) is 11.6 Å². The van der Waals surface area contributed by atoms with Gasteiger partial charge in [-0.2, -0.15) is 0 Å². The number of esters is 1. The molecule has 7 nitrogen and oxygen atoms in total. The van der Waals surface area contributed by atoms with Crippen LogP contribution < -0.4 is 10.2 Å². The molecule has 0 bridgehead atoms. The highest BCUT2D eigenvalue weighted by Crippen LogP contribution is 2.28. The molecule has 1 heterocycles. The molecule has 0 saturated carbocycles. The van der Waals surface area contributed by atoms with Gasteiger partial charge in [0.25, 0.3) is 17.6 Å². The maximum absolute atomic E-state index is 12.4. The van der Waals surface area contributed by atoms with Crippen LogP contribution in [0.4, 0.5) is 5.69 Å². The van der Waals surface area contributed by atoms with Crippen LogP contribution in [0.25, 0.3) is 0 Å².